The largest absolute Gasteiger partial charge is 0.481 e. The molecule has 1 aromatic heterocycles. The number of carbonyl (C=O) groups excluding carboxylic acids is 1. The van der Waals surface area contributed by atoms with Gasteiger partial charge in [0.05, 0.1) is 11.6 Å². The highest BCUT2D eigenvalue weighted by molar-refractivity contribution is 5.91. The number of carboxylic acid groups (broad SMARTS) is 1. The van der Waals surface area contributed by atoms with Gasteiger partial charge in [-0.1, -0.05) is 12.1 Å². The molecule has 2 N–H and O–H groups in total. The van der Waals surface area contributed by atoms with E-state index in [1.165, 1.54) is 6.07 Å². The van der Waals surface area contributed by atoms with Crippen LogP contribution in [0.1, 0.15) is 29.6 Å². The summed E-state index contributed by atoms with van der Waals surface area (Å²) in [5.41, 5.74) is 0.629. The number of amides is 1. The van der Waals surface area contributed by atoms with Gasteiger partial charge in [-0.2, -0.15) is 0 Å². The molecule has 1 amide bonds. The molecule has 0 bridgehead atoms. The lowest BCUT2D eigenvalue weighted by atomic mass is 10.1. The first kappa shape index (κ1) is 12.2. The van der Waals surface area contributed by atoms with Gasteiger partial charge in [-0.25, -0.2) is 0 Å². The first-order valence-electron chi connectivity index (χ1n) is 4.95. The SMILES string of the molecule is Cc1cc(C(=O)NCCC(C)C(=O)O)on1. The van der Waals surface area contributed by atoms with Crippen molar-refractivity contribution in [1.29, 1.82) is 0 Å². The first-order chi connectivity index (χ1) is 7.50. The Morgan fingerprint density at radius 1 is 1.62 bits per heavy atom. The fraction of sp³-hybridized carbons (Fsp3) is 0.500. The Balaban J connectivity index is 2.34. The summed E-state index contributed by atoms with van der Waals surface area (Å²) < 4.78 is 4.75. The van der Waals surface area contributed by atoms with Crippen molar-refractivity contribution in [2.75, 3.05) is 6.54 Å². The highest BCUT2D eigenvalue weighted by Gasteiger charge is 2.13. The average Bonchev–Trinajstić information content (AvgIpc) is 2.64. The third-order valence-corrected chi connectivity index (χ3v) is 2.14. The van der Waals surface area contributed by atoms with Gasteiger partial charge in [-0.05, 0) is 13.3 Å². The Kier molecular flexibility index (Phi) is 4.04. The summed E-state index contributed by atoms with van der Waals surface area (Å²) in [4.78, 5) is 21.9. The number of carbonyl (C=O) groups is 2. The zero-order valence-electron chi connectivity index (χ0n) is 9.19. The van der Waals surface area contributed by atoms with Gasteiger partial charge in [0.1, 0.15) is 0 Å². The van der Waals surface area contributed by atoms with Crippen molar-refractivity contribution in [3.05, 3.63) is 17.5 Å². The van der Waals surface area contributed by atoms with Crippen LogP contribution in [-0.4, -0.2) is 28.7 Å². The van der Waals surface area contributed by atoms with Crippen LogP contribution in [0.15, 0.2) is 10.6 Å². The summed E-state index contributed by atoms with van der Waals surface area (Å²) in [6, 6.07) is 1.52. The molecular weight excluding hydrogens is 212 g/mol. The fourth-order valence-corrected chi connectivity index (χ4v) is 1.08. The molecule has 0 aromatic carbocycles. The summed E-state index contributed by atoms with van der Waals surface area (Å²) >= 11 is 0. The van der Waals surface area contributed by atoms with Gasteiger partial charge in [-0.3, -0.25) is 9.59 Å². The molecule has 0 aliphatic rings. The van der Waals surface area contributed by atoms with Crippen LogP contribution >= 0.6 is 0 Å². The van der Waals surface area contributed by atoms with Crippen LogP contribution < -0.4 is 5.32 Å². The lowest BCUT2D eigenvalue weighted by molar-refractivity contribution is -0.141. The van der Waals surface area contributed by atoms with E-state index in [4.69, 9.17) is 9.63 Å². The molecule has 1 atom stereocenters. The van der Waals surface area contributed by atoms with Crippen molar-refractivity contribution >= 4 is 11.9 Å². The molecule has 1 unspecified atom stereocenters. The number of carboxylic acids is 1. The number of aryl methyl sites for hydroxylation is 1. The third-order valence-electron chi connectivity index (χ3n) is 2.14. The Bertz CT molecular complexity index is 386. The van der Waals surface area contributed by atoms with Gasteiger partial charge in [0, 0.05) is 12.6 Å². The van der Waals surface area contributed by atoms with E-state index in [2.05, 4.69) is 10.5 Å². The predicted molar refractivity (Wildman–Crippen MR) is 55.0 cm³/mol. The first-order valence-corrected chi connectivity index (χ1v) is 4.95. The molecule has 0 saturated carbocycles. The van der Waals surface area contributed by atoms with Crippen molar-refractivity contribution < 1.29 is 19.2 Å². The molecule has 0 aliphatic heterocycles. The summed E-state index contributed by atoms with van der Waals surface area (Å²) in [5, 5.41) is 14.8. The van der Waals surface area contributed by atoms with Crippen molar-refractivity contribution in [2.45, 2.75) is 20.3 Å². The van der Waals surface area contributed by atoms with Crippen LogP contribution in [0, 0.1) is 12.8 Å². The maximum Gasteiger partial charge on any atom is 0.306 e. The molecule has 1 aromatic rings. The van der Waals surface area contributed by atoms with E-state index < -0.39 is 11.9 Å². The van der Waals surface area contributed by atoms with E-state index in [1.54, 1.807) is 13.8 Å². The number of aromatic nitrogens is 1. The van der Waals surface area contributed by atoms with Gasteiger partial charge in [0.15, 0.2) is 0 Å². The Labute approximate surface area is 92.6 Å². The molecule has 6 heteroatoms. The summed E-state index contributed by atoms with van der Waals surface area (Å²) in [7, 11) is 0. The molecule has 0 aliphatic carbocycles. The number of hydrogen-bond donors (Lipinski definition) is 2. The minimum absolute atomic E-state index is 0.139. The van der Waals surface area contributed by atoms with E-state index in [0.29, 0.717) is 18.7 Å². The predicted octanol–water partition coefficient (Wildman–Crippen LogP) is 0.824. The lowest BCUT2D eigenvalue weighted by Crippen LogP contribution is -2.26. The molecule has 6 nitrogen and oxygen atoms in total. The third kappa shape index (κ3) is 3.38. The van der Waals surface area contributed by atoms with Gasteiger partial charge in [0.2, 0.25) is 5.76 Å². The monoisotopic (exact) mass is 226 g/mol. The molecule has 16 heavy (non-hydrogen) atoms. The number of nitrogens with one attached hydrogen (secondary N) is 1. The van der Waals surface area contributed by atoms with Gasteiger partial charge in [-0.15, -0.1) is 0 Å². The van der Waals surface area contributed by atoms with Gasteiger partial charge < -0.3 is 14.9 Å². The van der Waals surface area contributed by atoms with E-state index in [-0.39, 0.29) is 11.7 Å². The van der Waals surface area contributed by atoms with Crippen LogP contribution in [0.2, 0.25) is 0 Å². The van der Waals surface area contributed by atoms with Gasteiger partial charge in [0.25, 0.3) is 5.91 Å². The van der Waals surface area contributed by atoms with Gasteiger partial charge >= 0.3 is 5.97 Å². The molecular formula is C10H14N2O4. The highest BCUT2D eigenvalue weighted by atomic mass is 16.5. The molecule has 0 saturated heterocycles. The summed E-state index contributed by atoms with van der Waals surface area (Å²) in [6.45, 7) is 3.60. The van der Waals surface area contributed by atoms with Crippen molar-refractivity contribution in [3.63, 3.8) is 0 Å². The fourth-order valence-electron chi connectivity index (χ4n) is 1.08. The van der Waals surface area contributed by atoms with Crippen LogP contribution in [-0.2, 0) is 4.79 Å². The van der Waals surface area contributed by atoms with E-state index >= 15 is 0 Å². The minimum atomic E-state index is -0.871. The zero-order valence-corrected chi connectivity index (χ0v) is 9.19. The second-order valence-electron chi connectivity index (χ2n) is 3.62. The standard InChI is InChI=1S/C10H14N2O4/c1-6(10(14)15)3-4-11-9(13)8-5-7(2)12-16-8/h5-6H,3-4H2,1-2H3,(H,11,13)(H,14,15). The van der Waals surface area contributed by atoms with Crippen molar-refractivity contribution in [2.24, 2.45) is 5.92 Å². The summed E-state index contributed by atoms with van der Waals surface area (Å²) in [6.07, 6.45) is 0.383. The number of rotatable bonds is 5. The zero-order chi connectivity index (χ0) is 12.1. The smallest absolute Gasteiger partial charge is 0.306 e. The quantitative estimate of drug-likeness (QED) is 0.775. The molecule has 1 rings (SSSR count). The molecule has 0 radical (unpaired) electrons. The van der Waals surface area contributed by atoms with Crippen molar-refractivity contribution in [3.8, 4) is 0 Å². The number of nitrogens with zero attached hydrogens (tertiary/aromatic N) is 1. The van der Waals surface area contributed by atoms with Crippen LogP contribution in [0.4, 0.5) is 0 Å². The van der Waals surface area contributed by atoms with Crippen LogP contribution in [0.5, 0.6) is 0 Å². The Morgan fingerprint density at radius 3 is 2.81 bits per heavy atom. The highest BCUT2D eigenvalue weighted by Crippen LogP contribution is 2.03. The minimum Gasteiger partial charge on any atom is -0.481 e. The number of aliphatic carboxylic acids is 1. The molecule has 0 fully saturated rings. The lowest BCUT2D eigenvalue weighted by Gasteiger charge is -2.05. The molecule has 1 heterocycles. The van der Waals surface area contributed by atoms with Crippen molar-refractivity contribution in [1.82, 2.24) is 10.5 Å². The topological polar surface area (TPSA) is 92.4 Å². The second-order valence-corrected chi connectivity index (χ2v) is 3.62. The van der Waals surface area contributed by atoms with Crippen LogP contribution in [0.25, 0.3) is 0 Å². The maximum absolute atomic E-state index is 11.4. The Hall–Kier alpha value is -1.85. The normalized spacial score (nSPS) is 12.1. The molecule has 88 valence electrons. The maximum atomic E-state index is 11.4. The van der Waals surface area contributed by atoms with E-state index in [1.807, 2.05) is 0 Å². The molecule has 0 spiro atoms. The van der Waals surface area contributed by atoms with Crippen LogP contribution in [0.3, 0.4) is 0 Å². The van der Waals surface area contributed by atoms with E-state index in [0.717, 1.165) is 0 Å². The van der Waals surface area contributed by atoms with E-state index in [9.17, 15) is 9.59 Å². The Morgan fingerprint density at radius 2 is 2.31 bits per heavy atom. The average molecular weight is 226 g/mol. The number of hydrogen-bond acceptors (Lipinski definition) is 4. The summed E-state index contributed by atoms with van der Waals surface area (Å²) in [5.74, 6) is -1.58. The second kappa shape index (κ2) is 5.29.